The molecule has 0 saturated carbocycles. The molecule has 2 unspecified atom stereocenters. The molecule has 3 N–H and O–H groups in total. The number of hydrogen-bond donors (Lipinski definition) is 3. The van der Waals surface area contributed by atoms with Crippen LogP contribution < -0.4 is 9.47 Å². The van der Waals surface area contributed by atoms with Gasteiger partial charge in [-0.15, -0.1) is 0 Å². The van der Waals surface area contributed by atoms with E-state index in [9.17, 15) is 15.0 Å². The normalized spacial score (nSPS) is 13.6. The zero-order valence-corrected chi connectivity index (χ0v) is 32.3. The van der Waals surface area contributed by atoms with Gasteiger partial charge in [-0.1, -0.05) is 69.2 Å². The number of rotatable bonds is 8. The molecule has 0 fully saturated rings. The van der Waals surface area contributed by atoms with Crippen LogP contribution in [0.2, 0.25) is 0 Å². The standard InChI is InChI=1S/C20H28O5.C11H12O2.C9H20O2/c1-12-14-10-13(23-7)8-9-15(14)25-16(12)17(21)24-11-20(5,6)18(22)19(2,3)4;1-7-8(2)13-11-5-4-9(12-3)6-10(7)11;1-8(2,3)7(11)9(4,5)6-10/h8-10,18,22H,11H2,1-7H3;4-6H,1-3H3;7,10-11H,6H2,1-5H3. The number of esters is 1. The first-order valence-corrected chi connectivity index (χ1v) is 16.7. The van der Waals surface area contributed by atoms with Crippen LogP contribution >= 0.6 is 0 Å². The predicted molar refractivity (Wildman–Crippen MR) is 196 cm³/mol. The van der Waals surface area contributed by atoms with Crippen LogP contribution in [0.15, 0.2) is 45.2 Å². The number of aliphatic hydroxyl groups excluding tert-OH is 3. The molecular formula is C40H60O9. The van der Waals surface area contributed by atoms with Crippen molar-refractivity contribution in [3.63, 3.8) is 0 Å². The Kier molecular flexibility index (Phi) is 13.6. The molecule has 0 saturated heterocycles. The first kappa shape index (κ1) is 41.6. The van der Waals surface area contributed by atoms with Gasteiger partial charge < -0.3 is 38.4 Å². The molecule has 0 aliphatic rings. The van der Waals surface area contributed by atoms with Crippen LogP contribution in [0, 0.1) is 42.4 Å². The Hall–Kier alpha value is -3.53. The number of aryl methyl sites for hydroxylation is 3. The summed E-state index contributed by atoms with van der Waals surface area (Å²) in [5, 5.41) is 31.2. The second-order valence-electron chi connectivity index (χ2n) is 16.3. The molecule has 0 amide bonds. The van der Waals surface area contributed by atoms with Crippen molar-refractivity contribution in [3.8, 4) is 11.5 Å². The van der Waals surface area contributed by atoms with Crippen molar-refractivity contribution < 1.29 is 43.2 Å². The summed E-state index contributed by atoms with van der Waals surface area (Å²) in [7, 11) is 3.26. The number of fused-ring (bicyclic) bond motifs is 2. The number of methoxy groups -OCH3 is 2. The van der Waals surface area contributed by atoms with Gasteiger partial charge in [0.25, 0.3) is 0 Å². The van der Waals surface area contributed by atoms with Gasteiger partial charge in [0.05, 0.1) is 39.6 Å². The Morgan fingerprint density at radius 2 is 1.12 bits per heavy atom. The van der Waals surface area contributed by atoms with Crippen LogP contribution in [-0.2, 0) is 4.74 Å². The first-order chi connectivity index (χ1) is 22.4. The van der Waals surface area contributed by atoms with E-state index >= 15 is 0 Å². The van der Waals surface area contributed by atoms with Gasteiger partial charge in [0.1, 0.15) is 28.4 Å². The number of carbonyl (C=O) groups is 1. The summed E-state index contributed by atoms with van der Waals surface area (Å²) < 4.78 is 27.0. The second kappa shape index (κ2) is 16.0. The van der Waals surface area contributed by atoms with E-state index in [1.54, 1.807) is 26.4 Å². The summed E-state index contributed by atoms with van der Waals surface area (Å²) in [5.41, 5.74) is 2.00. The van der Waals surface area contributed by atoms with E-state index in [0.717, 1.165) is 27.9 Å². The van der Waals surface area contributed by atoms with E-state index in [1.807, 2.05) is 107 Å². The summed E-state index contributed by atoms with van der Waals surface area (Å²) in [6.45, 7) is 25.2. The fourth-order valence-electron chi connectivity index (χ4n) is 5.80. The molecule has 0 aliphatic heterocycles. The molecule has 0 bridgehead atoms. The maximum absolute atomic E-state index is 12.5. The number of hydrogen-bond acceptors (Lipinski definition) is 9. The van der Waals surface area contributed by atoms with Gasteiger partial charge in [-0.25, -0.2) is 4.79 Å². The highest BCUT2D eigenvalue weighted by Crippen LogP contribution is 2.35. The molecule has 9 heteroatoms. The number of carbonyl (C=O) groups excluding carboxylic acids is 1. The van der Waals surface area contributed by atoms with Crippen molar-refractivity contribution in [1.29, 1.82) is 0 Å². The van der Waals surface area contributed by atoms with Gasteiger partial charge in [0.15, 0.2) is 0 Å². The summed E-state index contributed by atoms with van der Waals surface area (Å²) in [4.78, 5) is 12.5. The van der Waals surface area contributed by atoms with E-state index < -0.39 is 29.0 Å². The Labute approximate surface area is 292 Å². The zero-order chi connectivity index (χ0) is 37.7. The maximum atomic E-state index is 12.5. The van der Waals surface area contributed by atoms with E-state index in [2.05, 4.69) is 6.92 Å². The highest BCUT2D eigenvalue weighted by molar-refractivity contribution is 5.96. The van der Waals surface area contributed by atoms with Crippen LogP contribution in [0.5, 0.6) is 11.5 Å². The lowest BCUT2D eigenvalue weighted by Gasteiger charge is -2.38. The molecule has 274 valence electrons. The number of aliphatic hydroxyl groups is 3. The monoisotopic (exact) mass is 684 g/mol. The minimum absolute atomic E-state index is 0.0193. The number of furan rings is 2. The fraction of sp³-hybridized carbons (Fsp3) is 0.575. The van der Waals surface area contributed by atoms with Crippen LogP contribution in [0.25, 0.3) is 21.9 Å². The quantitative estimate of drug-likeness (QED) is 0.156. The molecule has 2 heterocycles. The van der Waals surface area contributed by atoms with E-state index in [-0.39, 0.29) is 29.8 Å². The van der Waals surface area contributed by atoms with Crippen LogP contribution in [-0.4, -0.2) is 60.9 Å². The summed E-state index contributed by atoms with van der Waals surface area (Å²) in [6.07, 6.45) is -1.09. The lowest BCUT2D eigenvalue weighted by molar-refractivity contribution is -0.0639. The summed E-state index contributed by atoms with van der Waals surface area (Å²) in [6, 6.07) is 11.2. The molecule has 49 heavy (non-hydrogen) atoms. The highest BCUT2D eigenvalue weighted by Gasteiger charge is 2.38. The average Bonchev–Trinajstić information content (AvgIpc) is 3.52. The van der Waals surface area contributed by atoms with Crippen LogP contribution in [0.1, 0.15) is 96.7 Å². The highest BCUT2D eigenvalue weighted by atomic mass is 16.5. The average molecular weight is 685 g/mol. The van der Waals surface area contributed by atoms with Crippen molar-refractivity contribution in [2.45, 2.75) is 102 Å². The summed E-state index contributed by atoms with van der Waals surface area (Å²) >= 11 is 0. The largest absolute Gasteiger partial charge is 0.497 e. The Morgan fingerprint density at radius 1 is 0.694 bits per heavy atom. The molecule has 2 aromatic heterocycles. The van der Waals surface area contributed by atoms with Gasteiger partial charge in [-0.3, -0.25) is 0 Å². The topological polar surface area (TPSA) is 132 Å². The maximum Gasteiger partial charge on any atom is 0.374 e. The predicted octanol–water partition coefficient (Wildman–Crippen LogP) is 8.81. The summed E-state index contributed by atoms with van der Waals surface area (Å²) in [5.74, 6) is 2.21. The SMILES string of the molecule is CC(C)(C)C(O)C(C)(C)CO.COc1ccc2oc(C(=O)OCC(C)(C)C(O)C(C)(C)C)c(C)c2c1.COc1ccc2oc(C)c(C)c2c1. The number of benzene rings is 2. The molecule has 0 aliphatic carbocycles. The molecule has 4 rings (SSSR count). The molecule has 0 spiro atoms. The van der Waals surface area contributed by atoms with Gasteiger partial charge >= 0.3 is 5.97 Å². The molecule has 9 nitrogen and oxygen atoms in total. The first-order valence-electron chi connectivity index (χ1n) is 16.7. The van der Waals surface area contributed by atoms with Gasteiger partial charge in [0, 0.05) is 27.2 Å². The lowest BCUT2D eigenvalue weighted by atomic mass is 9.73. The van der Waals surface area contributed by atoms with Crippen molar-refractivity contribution in [3.05, 3.63) is 59.0 Å². The van der Waals surface area contributed by atoms with Crippen molar-refractivity contribution in [2.24, 2.45) is 21.7 Å². The van der Waals surface area contributed by atoms with E-state index in [4.69, 9.17) is 28.2 Å². The lowest BCUT2D eigenvalue weighted by Crippen LogP contribution is -2.43. The van der Waals surface area contributed by atoms with Crippen molar-refractivity contribution in [1.82, 2.24) is 0 Å². The molecule has 0 radical (unpaired) electrons. The van der Waals surface area contributed by atoms with Crippen molar-refractivity contribution >= 4 is 27.9 Å². The van der Waals surface area contributed by atoms with Crippen molar-refractivity contribution in [2.75, 3.05) is 27.4 Å². The van der Waals surface area contributed by atoms with E-state index in [0.29, 0.717) is 16.9 Å². The molecular weight excluding hydrogens is 624 g/mol. The second-order valence-corrected chi connectivity index (χ2v) is 16.3. The Balaban J connectivity index is 0.000000289. The van der Waals surface area contributed by atoms with Crippen LogP contribution in [0.3, 0.4) is 0 Å². The van der Waals surface area contributed by atoms with E-state index in [1.165, 1.54) is 5.56 Å². The third-order valence-corrected chi connectivity index (χ3v) is 8.81. The smallest absolute Gasteiger partial charge is 0.374 e. The molecule has 2 atom stereocenters. The Morgan fingerprint density at radius 3 is 1.53 bits per heavy atom. The Bertz CT molecular complexity index is 1680. The third-order valence-electron chi connectivity index (χ3n) is 8.81. The number of ether oxygens (including phenoxy) is 3. The molecule has 2 aromatic carbocycles. The van der Waals surface area contributed by atoms with Gasteiger partial charge in [-0.05, 0) is 73.6 Å². The van der Waals surface area contributed by atoms with Crippen LogP contribution in [0.4, 0.5) is 0 Å². The third kappa shape index (κ3) is 10.5. The van der Waals surface area contributed by atoms with Gasteiger partial charge in [0.2, 0.25) is 5.76 Å². The molecule has 4 aromatic rings. The zero-order valence-electron chi connectivity index (χ0n) is 32.3. The fourth-order valence-corrected chi connectivity index (χ4v) is 5.80. The van der Waals surface area contributed by atoms with Gasteiger partial charge in [-0.2, -0.15) is 0 Å². The minimum Gasteiger partial charge on any atom is -0.497 e. The minimum atomic E-state index is -0.617.